The van der Waals surface area contributed by atoms with Gasteiger partial charge in [0.1, 0.15) is 36.2 Å². The Bertz CT molecular complexity index is 1340. The second-order valence-corrected chi connectivity index (χ2v) is 12.9. The van der Waals surface area contributed by atoms with Gasteiger partial charge in [0.2, 0.25) is 0 Å². The Morgan fingerprint density at radius 2 is 0.431 bits per heavy atom. The standard InChI is InChI=1S/C44H56O7/c1-2-4-6-8-10-28-49-42-21-13-38(14-22-42)40-17-25-44(26-18-40)51-36-34-47-32-30-45-29-31-46-33-35-50-43-23-15-39(16-24-43)37-11-19-41(20-12-37)48-27-9-7-5-3-1/h11-26H,1-10,27-36H2. The molecule has 0 spiro atoms. The zero-order chi connectivity index (χ0) is 35.0. The van der Waals surface area contributed by atoms with Gasteiger partial charge in [0.15, 0.2) is 0 Å². The number of hydrogen-bond acceptors (Lipinski definition) is 7. The van der Waals surface area contributed by atoms with Crippen molar-refractivity contribution >= 4 is 0 Å². The molecule has 0 radical (unpaired) electrons. The normalized spacial score (nSPS) is 17.4. The van der Waals surface area contributed by atoms with Gasteiger partial charge in [-0.05, 0) is 83.6 Å². The third-order valence-electron chi connectivity index (χ3n) is 8.90. The fraction of sp³-hybridized carbons (Fsp3) is 0.455. The van der Waals surface area contributed by atoms with Crippen molar-refractivity contribution in [1.29, 1.82) is 0 Å². The lowest BCUT2D eigenvalue weighted by molar-refractivity contribution is 0.00499. The molecular weight excluding hydrogens is 640 g/mol. The predicted molar refractivity (Wildman–Crippen MR) is 204 cm³/mol. The molecule has 14 rings (SSSR count). The maximum atomic E-state index is 6.01. The summed E-state index contributed by atoms with van der Waals surface area (Å²) in [6, 6.07) is 33.0. The smallest absolute Gasteiger partial charge is 0.119 e. The molecule has 0 unspecified atom stereocenters. The second kappa shape index (κ2) is 23.4. The molecule has 274 valence electrons. The summed E-state index contributed by atoms with van der Waals surface area (Å²) >= 11 is 0. The molecule has 10 aliphatic heterocycles. The minimum Gasteiger partial charge on any atom is -0.494 e. The van der Waals surface area contributed by atoms with Crippen LogP contribution in [0.4, 0.5) is 0 Å². The molecule has 0 N–H and O–H groups in total. The minimum atomic E-state index is 0.486. The molecule has 0 aromatic heterocycles. The highest BCUT2D eigenvalue weighted by Gasteiger charge is 2.04. The van der Waals surface area contributed by atoms with E-state index in [2.05, 4.69) is 72.8 Å². The van der Waals surface area contributed by atoms with E-state index in [0.29, 0.717) is 52.9 Å². The van der Waals surface area contributed by atoms with E-state index in [9.17, 15) is 0 Å². The quantitative estimate of drug-likeness (QED) is 0.181. The Kier molecular flexibility index (Phi) is 17.6. The van der Waals surface area contributed by atoms with Crippen LogP contribution < -0.4 is 18.9 Å². The summed E-state index contributed by atoms with van der Waals surface area (Å²) in [5.41, 5.74) is 4.61. The van der Waals surface area contributed by atoms with Crippen LogP contribution in [0, 0.1) is 0 Å². The van der Waals surface area contributed by atoms with E-state index in [4.69, 9.17) is 33.2 Å². The number of hydrogen-bond donors (Lipinski definition) is 0. The van der Waals surface area contributed by atoms with E-state index in [1.807, 2.05) is 24.3 Å². The van der Waals surface area contributed by atoms with Crippen molar-refractivity contribution in [2.45, 2.75) is 64.2 Å². The van der Waals surface area contributed by atoms with Crippen molar-refractivity contribution < 1.29 is 33.2 Å². The number of rotatable bonds is 0. The molecule has 4 aromatic rings. The molecule has 0 amide bonds. The van der Waals surface area contributed by atoms with E-state index in [1.54, 1.807) is 0 Å². The third kappa shape index (κ3) is 15.0. The molecule has 0 atom stereocenters. The first-order valence-electron chi connectivity index (χ1n) is 19.0. The second-order valence-electron chi connectivity index (χ2n) is 12.9. The first-order valence-corrected chi connectivity index (χ1v) is 19.0. The largest absolute Gasteiger partial charge is 0.494 e. The van der Waals surface area contributed by atoms with E-state index in [1.165, 1.54) is 51.4 Å². The lowest BCUT2D eigenvalue weighted by Crippen LogP contribution is -2.14. The molecule has 8 bridgehead atoms. The van der Waals surface area contributed by atoms with Crippen molar-refractivity contribution in [3.8, 4) is 45.3 Å². The van der Waals surface area contributed by atoms with Gasteiger partial charge in [-0.15, -0.1) is 0 Å². The SMILES string of the molecule is c1cc2ccc1OCCCCCCCCCCCCOc1ccc(cc1)-c1ccc(cc1)OCCOCCOCCOCCOc1ccc-2cc1. The van der Waals surface area contributed by atoms with Crippen LogP contribution in [0.2, 0.25) is 0 Å². The molecule has 10 heterocycles. The predicted octanol–water partition coefficient (Wildman–Crippen LogP) is 10.2. The average molecular weight is 697 g/mol. The molecular formula is C44H56O7. The minimum absolute atomic E-state index is 0.486. The molecule has 7 heteroatoms. The fourth-order valence-electron chi connectivity index (χ4n) is 5.95. The van der Waals surface area contributed by atoms with Crippen LogP contribution in [0.3, 0.4) is 0 Å². The van der Waals surface area contributed by atoms with E-state index in [-0.39, 0.29) is 0 Å². The van der Waals surface area contributed by atoms with Crippen LogP contribution in [0.15, 0.2) is 97.1 Å². The average Bonchev–Trinajstić information content (AvgIpc) is 3.17. The van der Waals surface area contributed by atoms with Crippen molar-refractivity contribution in [3.63, 3.8) is 0 Å². The summed E-state index contributed by atoms with van der Waals surface area (Å²) in [6.45, 7) is 5.57. The molecule has 0 fully saturated rings. The lowest BCUT2D eigenvalue weighted by atomic mass is 10.1. The van der Waals surface area contributed by atoms with Crippen LogP contribution in [-0.4, -0.2) is 66.1 Å². The summed E-state index contributed by atoms with van der Waals surface area (Å²) in [5, 5.41) is 0. The van der Waals surface area contributed by atoms with Crippen LogP contribution in [0.25, 0.3) is 22.3 Å². The maximum absolute atomic E-state index is 6.01. The highest BCUT2D eigenvalue weighted by atomic mass is 16.6. The third-order valence-corrected chi connectivity index (χ3v) is 8.90. The van der Waals surface area contributed by atoms with Gasteiger partial charge < -0.3 is 33.2 Å². The van der Waals surface area contributed by atoms with Crippen LogP contribution in [-0.2, 0) is 14.2 Å². The van der Waals surface area contributed by atoms with E-state index in [0.717, 1.165) is 71.3 Å². The van der Waals surface area contributed by atoms with Crippen molar-refractivity contribution in [2.24, 2.45) is 0 Å². The zero-order valence-corrected chi connectivity index (χ0v) is 30.2. The molecule has 0 saturated carbocycles. The maximum Gasteiger partial charge on any atom is 0.119 e. The Labute approximate surface area is 305 Å². The van der Waals surface area contributed by atoms with Gasteiger partial charge >= 0.3 is 0 Å². The van der Waals surface area contributed by atoms with Gasteiger partial charge in [-0.25, -0.2) is 0 Å². The summed E-state index contributed by atoms with van der Waals surface area (Å²) in [7, 11) is 0. The summed E-state index contributed by atoms with van der Waals surface area (Å²) in [5.74, 6) is 3.51. The lowest BCUT2D eigenvalue weighted by Gasteiger charge is -2.10. The number of benzene rings is 4. The first-order chi connectivity index (χ1) is 25.3. The van der Waals surface area contributed by atoms with Gasteiger partial charge in [0.05, 0.1) is 52.9 Å². The first kappa shape index (κ1) is 38.2. The van der Waals surface area contributed by atoms with Gasteiger partial charge in [-0.2, -0.15) is 0 Å². The highest BCUT2D eigenvalue weighted by molar-refractivity contribution is 5.65. The van der Waals surface area contributed by atoms with E-state index >= 15 is 0 Å². The summed E-state index contributed by atoms with van der Waals surface area (Å²) in [6.07, 6.45) is 12.5. The summed E-state index contributed by atoms with van der Waals surface area (Å²) < 4.78 is 40.6. The molecule has 10 aliphatic rings. The monoisotopic (exact) mass is 696 g/mol. The van der Waals surface area contributed by atoms with Gasteiger partial charge in [-0.3, -0.25) is 0 Å². The van der Waals surface area contributed by atoms with Crippen molar-refractivity contribution in [3.05, 3.63) is 97.1 Å². The molecule has 51 heavy (non-hydrogen) atoms. The Morgan fingerprint density at radius 1 is 0.216 bits per heavy atom. The van der Waals surface area contributed by atoms with Gasteiger partial charge in [0.25, 0.3) is 0 Å². The van der Waals surface area contributed by atoms with Crippen molar-refractivity contribution in [2.75, 3.05) is 66.1 Å². The van der Waals surface area contributed by atoms with Crippen LogP contribution >= 0.6 is 0 Å². The Hall–Kier alpha value is -4.04. The van der Waals surface area contributed by atoms with Crippen LogP contribution in [0.1, 0.15) is 64.2 Å². The molecule has 0 saturated heterocycles. The molecule has 0 aliphatic carbocycles. The van der Waals surface area contributed by atoms with Gasteiger partial charge in [-0.1, -0.05) is 99.9 Å². The van der Waals surface area contributed by atoms with Crippen LogP contribution in [0.5, 0.6) is 23.0 Å². The fourth-order valence-corrected chi connectivity index (χ4v) is 5.95. The highest BCUT2D eigenvalue weighted by Crippen LogP contribution is 2.26. The Balaban J connectivity index is 1.01. The molecule has 7 nitrogen and oxygen atoms in total. The van der Waals surface area contributed by atoms with Crippen molar-refractivity contribution in [1.82, 2.24) is 0 Å². The zero-order valence-electron chi connectivity index (χ0n) is 30.2. The molecule has 4 aromatic carbocycles. The summed E-state index contributed by atoms with van der Waals surface area (Å²) in [4.78, 5) is 0. The van der Waals surface area contributed by atoms with Gasteiger partial charge in [0, 0.05) is 0 Å². The topological polar surface area (TPSA) is 64.6 Å². The van der Waals surface area contributed by atoms with E-state index < -0.39 is 0 Å². The Morgan fingerprint density at radius 3 is 0.706 bits per heavy atom. The number of ether oxygens (including phenoxy) is 7.